The molecule has 1 heterocycles. The van der Waals surface area contributed by atoms with Gasteiger partial charge in [-0.15, -0.1) is 37.2 Å². The van der Waals surface area contributed by atoms with Crippen molar-refractivity contribution in [3.05, 3.63) is 23.9 Å². The van der Waals surface area contributed by atoms with Crippen LogP contribution in [0.4, 0.5) is 5.82 Å². The van der Waals surface area contributed by atoms with Crippen LogP contribution in [0.25, 0.3) is 0 Å². The highest BCUT2D eigenvalue weighted by molar-refractivity contribution is 5.86. The van der Waals surface area contributed by atoms with Crippen LogP contribution in [-0.2, 0) is 0 Å². The maximum atomic E-state index is 5.11. The quantitative estimate of drug-likeness (QED) is 0.575. The molecule has 1 aromatic heterocycles. The van der Waals surface area contributed by atoms with E-state index in [0.717, 1.165) is 5.69 Å². The van der Waals surface area contributed by atoms with Crippen molar-refractivity contribution in [1.82, 2.24) is 4.98 Å². The Kier molecular flexibility index (Phi) is 13.1. The Bertz CT molecular complexity index is 207. The SMILES string of the molecule is Cc1cccc(NN)n1.Cl.Cl.Cl. The van der Waals surface area contributed by atoms with Crippen LogP contribution in [0.1, 0.15) is 5.69 Å². The molecule has 0 aliphatic heterocycles. The molecule has 0 atom stereocenters. The average molecular weight is 233 g/mol. The number of nitrogens with two attached hydrogens (primary N) is 1. The van der Waals surface area contributed by atoms with E-state index in [-0.39, 0.29) is 37.2 Å². The Hall–Kier alpha value is -0.220. The van der Waals surface area contributed by atoms with Crippen molar-refractivity contribution in [3.63, 3.8) is 0 Å². The van der Waals surface area contributed by atoms with Crippen LogP contribution >= 0.6 is 37.2 Å². The second kappa shape index (κ2) is 8.87. The monoisotopic (exact) mass is 231 g/mol. The van der Waals surface area contributed by atoms with Crippen molar-refractivity contribution in [3.8, 4) is 0 Å². The minimum absolute atomic E-state index is 0. The first-order valence-corrected chi connectivity index (χ1v) is 2.73. The number of aryl methyl sites for hydroxylation is 1. The second-order valence-electron chi connectivity index (χ2n) is 1.81. The van der Waals surface area contributed by atoms with Crippen LogP contribution in [0, 0.1) is 6.92 Å². The Morgan fingerprint density at radius 2 is 1.83 bits per heavy atom. The van der Waals surface area contributed by atoms with E-state index in [1.165, 1.54) is 0 Å². The molecule has 72 valence electrons. The van der Waals surface area contributed by atoms with E-state index < -0.39 is 0 Å². The second-order valence-corrected chi connectivity index (χ2v) is 1.81. The maximum absolute atomic E-state index is 5.11. The van der Waals surface area contributed by atoms with Crippen molar-refractivity contribution < 1.29 is 0 Å². The summed E-state index contributed by atoms with van der Waals surface area (Å²) in [6.45, 7) is 1.92. The van der Waals surface area contributed by atoms with Gasteiger partial charge >= 0.3 is 0 Å². The number of nitrogen functional groups attached to an aromatic ring is 1. The molecule has 0 bridgehead atoms. The van der Waals surface area contributed by atoms with Gasteiger partial charge in [0.05, 0.1) is 0 Å². The number of halogens is 3. The van der Waals surface area contributed by atoms with E-state index in [2.05, 4.69) is 10.4 Å². The number of nitrogens with zero attached hydrogens (tertiary/aromatic N) is 1. The molecular formula is C6H12Cl3N3. The third kappa shape index (κ3) is 5.43. The molecule has 0 aromatic carbocycles. The van der Waals surface area contributed by atoms with Gasteiger partial charge in [0, 0.05) is 5.69 Å². The predicted octanol–water partition coefficient (Wildman–Crippen LogP) is 1.94. The maximum Gasteiger partial charge on any atom is 0.140 e. The molecule has 0 unspecified atom stereocenters. The summed E-state index contributed by atoms with van der Waals surface area (Å²) in [4.78, 5) is 4.06. The molecule has 0 fully saturated rings. The number of nitrogens with one attached hydrogen (secondary N) is 1. The Labute approximate surface area is 90.3 Å². The molecule has 1 aromatic rings. The lowest BCUT2D eigenvalue weighted by atomic mass is 10.4. The summed E-state index contributed by atoms with van der Waals surface area (Å²) >= 11 is 0. The van der Waals surface area contributed by atoms with Gasteiger partial charge in [0.1, 0.15) is 5.82 Å². The summed E-state index contributed by atoms with van der Waals surface area (Å²) in [5.41, 5.74) is 3.42. The first-order valence-electron chi connectivity index (χ1n) is 2.73. The third-order valence-electron chi connectivity index (χ3n) is 1.04. The molecule has 0 saturated heterocycles. The van der Waals surface area contributed by atoms with E-state index in [4.69, 9.17) is 5.84 Å². The van der Waals surface area contributed by atoms with Crippen LogP contribution in [-0.4, -0.2) is 4.98 Å². The number of rotatable bonds is 1. The van der Waals surface area contributed by atoms with Crippen molar-refractivity contribution in [1.29, 1.82) is 0 Å². The van der Waals surface area contributed by atoms with Gasteiger partial charge in [0.2, 0.25) is 0 Å². The van der Waals surface area contributed by atoms with Gasteiger partial charge < -0.3 is 5.43 Å². The number of pyridine rings is 1. The predicted molar refractivity (Wildman–Crippen MR) is 58.5 cm³/mol. The summed E-state index contributed by atoms with van der Waals surface area (Å²) < 4.78 is 0. The Balaban J connectivity index is -0.000000270. The number of hydrazine groups is 1. The first-order chi connectivity index (χ1) is 4.33. The Morgan fingerprint density at radius 3 is 2.17 bits per heavy atom. The van der Waals surface area contributed by atoms with E-state index in [9.17, 15) is 0 Å². The fourth-order valence-corrected chi connectivity index (χ4v) is 0.623. The van der Waals surface area contributed by atoms with Gasteiger partial charge in [-0.3, -0.25) is 0 Å². The fourth-order valence-electron chi connectivity index (χ4n) is 0.623. The van der Waals surface area contributed by atoms with Crippen LogP contribution < -0.4 is 11.3 Å². The van der Waals surface area contributed by atoms with Crippen LogP contribution in [0.15, 0.2) is 18.2 Å². The molecule has 3 N–H and O–H groups in total. The van der Waals surface area contributed by atoms with Crippen LogP contribution in [0.5, 0.6) is 0 Å². The van der Waals surface area contributed by atoms with Crippen molar-refractivity contribution >= 4 is 43.0 Å². The lowest BCUT2D eigenvalue weighted by Crippen LogP contribution is -2.08. The topological polar surface area (TPSA) is 50.9 Å². The number of anilines is 1. The van der Waals surface area contributed by atoms with Crippen molar-refractivity contribution in [2.75, 3.05) is 5.43 Å². The molecular weight excluding hydrogens is 220 g/mol. The highest BCUT2D eigenvalue weighted by Crippen LogP contribution is 2.00. The van der Waals surface area contributed by atoms with E-state index in [1.54, 1.807) is 0 Å². The number of hydrogen-bond donors (Lipinski definition) is 2. The van der Waals surface area contributed by atoms with Crippen LogP contribution in [0.3, 0.4) is 0 Å². The molecule has 3 nitrogen and oxygen atoms in total. The van der Waals surface area contributed by atoms with Gasteiger partial charge in [-0.1, -0.05) is 6.07 Å². The zero-order valence-electron chi connectivity index (χ0n) is 6.48. The lowest BCUT2D eigenvalue weighted by Gasteiger charge is -1.96. The summed E-state index contributed by atoms with van der Waals surface area (Å²) in [6, 6.07) is 5.63. The van der Waals surface area contributed by atoms with E-state index in [1.807, 2.05) is 25.1 Å². The molecule has 0 aliphatic rings. The third-order valence-corrected chi connectivity index (χ3v) is 1.04. The van der Waals surface area contributed by atoms with Crippen LogP contribution in [0.2, 0.25) is 0 Å². The van der Waals surface area contributed by atoms with Gasteiger partial charge in [-0.2, -0.15) is 0 Å². The standard InChI is InChI=1S/C6H9N3.3ClH/c1-5-3-2-4-6(8-5)9-7;;;/h2-4H,7H2,1H3,(H,8,9);3*1H. The largest absolute Gasteiger partial charge is 0.308 e. The molecule has 1 rings (SSSR count). The van der Waals surface area contributed by atoms with E-state index in [0.29, 0.717) is 5.82 Å². The van der Waals surface area contributed by atoms with Crippen molar-refractivity contribution in [2.24, 2.45) is 5.84 Å². The fraction of sp³-hybridized carbons (Fsp3) is 0.167. The highest BCUT2D eigenvalue weighted by Gasteiger charge is 1.86. The Morgan fingerprint density at radius 1 is 1.25 bits per heavy atom. The molecule has 0 aliphatic carbocycles. The average Bonchev–Trinajstić information content (AvgIpc) is 1.88. The van der Waals surface area contributed by atoms with Gasteiger partial charge in [-0.25, -0.2) is 10.8 Å². The molecule has 0 saturated carbocycles. The molecule has 0 spiro atoms. The minimum atomic E-state index is 0. The molecule has 0 radical (unpaired) electrons. The summed E-state index contributed by atoms with van der Waals surface area (Å²) in [5.74, 6) is 5.81. The summed E-state index contributed by atoms with van der Waals surface area (Å²) in [7, 11) is 0. The zero-order chi connectivity index (χ0) is 6.69. The summed E-state index contributed by atoms with van der Waals surface area (Å²) in [6.07, 6.45) is 0. The zero-order valence-corrected chi connectivity index (χ0v) is 8.93. The van der Waals surface area contributed by atoms with Gasteiger partial charge in [0.25, 0.3) is 0 Å². The van der Waals surface area contributed by atoms with Crippen molar-refractivity contribution in [2.45, 2.75) is 6.92 Å². The minimum Gasteiger partial charge on any atom is -0.308 e. The molecule has 12 heavy (non-hydrogen) atoms. The first kappa shape index (κ1) is 17.8. The number of hydrogen-bond acceptors (Lipinski definition) is 3. The lowest BCUT2D eigenvalue weighted by molar-refractivity contribution is 1.16. The van der Waals surface area contributed by atoms with E-state index >= 15 is 0 Å². The molecule has 0 amide bonds. The van der Waals surface area contributed by atoms with Gasteiger partial charge in [0.15, 0.2) is 0 Å². The number of aromatic nitrogens is 1. The van der Waals surface area contributed by atoms with Gasteiger partial charge in [-0.05, 0) is 19.1 Å². The molecule has 6 heteroatoms. The normalized spacial score (nSPS) is 6.83. The summed E-state index contributed by atoms with van der Waals surface area (Å²) in [5, 5.41) is 0. The smallest absolute Gasteiger partial charge is 0.140 e. The highest BCUT2D eigenvalue weighted by atomic mass is 35.5.